The Hall–Kier alpha value is -1.68. The van der Waals surface area contributed by atoms with Crippen molar-refractivity contribution in [2.45, 2.75) is 17.0 Å². The first-order valence-corrected chi connectivity index (χ1v) is 5.63. The van der Waals surface area contributed by atoms with Crippen molar-refractivity contribution in [1.82, 2.24) is 9.97 Å². The van der Waals surface area contributed by atoms with Crippen molar-refractivity contribution in [2.24, 2.45) is 0 Å². The summed E-state index contributed by atoms with van der Waals surface area (Å²) in [5.41, 5.74) is 1.58. The van der Waals surface area contributed by atoms with Gasteiger partial charge in [-0.05, 0) is 30.8 Å². The Labute approximate surface area is 97.9 Å². The molecule has 1 aromatic heterocycles. The van der Waals surface area contributed by atoms with Gasteiger partial charge in [0.2, 0.25) is 0 Å². The van der Waals surface area contributed by atoms with Gasteiger partial charge in [0, 0.05) is 22.3 Å². The third kappa shape index (κ3) is 2.46. The molecule has 0 saturated carbocycles. The monoisotopic (exact) mass is 230 g/mol. The van der Waals surface area contributed by atoms with Crippen LogP contribution in [-0.4, -0.2) is 16.3 Å². The first-order valence-electron chi connectivity index (χ1n) is 4.81. The SMILES string of the molecule is Cc1ccnc(Sc2ccccc2C=O)n1. The summed E-state index contributed by atoms with van der Waals surface area (Å²) in [5.74, 6) is 0. The molecule has 0 amide bonds. The number of aryl methyl sites for hydroxylation is 1. The van der Waals surface area contributed by atoms with Gasteiger partial charge >= 0.3 is 0 Å². The molecule has 0 aliphatic heterocycles. The molecule has 2 aromatic rings. The van der Waals surface area contributed by atoms with E-state index in [0.717, 1.165) is 16.9 Å². The number of rotatable bonds is 3. The smallest absolute Gasteiger partial charge is 0.192 e. The maximum atomic E-state index is 10.8. The molecule has 0 aliphatic rings. The second-order valence-corrected chi connectivity index (χ2v) is 4.25. The molecule has 0 atom stereocenters. The Morgan fingerprint density at radius 1 is 1.25 bits per heavy atom. The fraction of sp³-hybridized carbons (Fsp3) is 0.0833. The second-order valence-electron chi connectivity index (χ2n) is 3.24. The number of nitrogens with zero attached hydrogens (tertiary/aromatic N) is 2. The first-order chi connectivity index (χ1) is 7.79. The highest BCUT2D eigenvalue weighted by Crippen LogP contribution is 2.26. The number of aromatic nitrogens is 2. The number of aldehydes is 1. The predicted octanol–water partition coefficient (Wildman–Crippen LogP) is 2.75. The molecule has 80 valence electrons. The summed E-state index contributed by atoms with van der Waals surface area (Å²) in [6, 6.07) is 9.25. The summed E-state index contributed by atoms with van der Waals surface area (Å²) >= 11 is 1.40. The van der Waals surface area contributed by atoms with Crippen molar-refractivity contribution in [3.8, 4) is 0 Å². The zero-order chi connectivity index (χ0) is 11.4. The molecule has 2 rings (SSSR count). The summed E-state index contributed by atoms with van der Waals surface area (Å²) < 4.78 is 0. The lowest BCUT2D eigenvalue weighted by molar-refractivity contribution is 0.112. The first kappa shape index (κ1) is 10.8. The molecule has 0 radical (unpaired) electrons. The third-order valence-corrected chi connectivity index (χ3v) is 2.99. The van der Waals surface area contributed by atoms with Crippen molar-refractivity contribution in [2.75, 3.05) is 0 Å². The molecule has 4 heteroatoms. The third-order valence-electron chi connectivity index (χ3n) is 2.02. The number of hydrogen-bond donors (Lipinski definition) is 0. The average Bonchev–Trinajstić information content (AvgIpc) is 2.30. The van der Waals surface area contributed by atoms with Gasteiger partial charge in [0.1, 0.15) is 0 Å². The van der Waals surface area contributed by atoms with Crippen LogP contribution in [-0.2, 0) is 0 Å². The highest BCUT2D eigenvalue weighted by Gasteiger charge is 2.04. The normalized spacial score (nSPS) is 10.1. The Balaban J connectivity index is 2.30. The van der Waals surface area contributed by atoms with Crippen molar-refractivity contribution >= 4 is 18.0 Å². The van der Waals surface area contributed by atoms with Gasteiger partial charge in [-0.2, -0.15) is 0 Å². The second kappa shape index (κ2) is 4.90. The summed E-state index contributed by atoms with van der Waals surface area (Å²) in [6.07, 6.45) is 2.56. The highest BCUT2D eigenvalue weighted by molar-refractivity contribution is 7.99. The van der Waals surface area contributed by atoms with E-state index in [1.165, 1.54) is 11.8 Å². The number of carbonyl (C=O) groups is 1. The topological polar surface area (TPSA) is 42.9 Å². The minimum absolute atomic E-state index is 0.661. The molecule has 0 unspecified atom stereocenters. The lowest BCUT2D eigenvalue weighted by atomic mass is 10.2. The molecule has 3 nitrogen and oxygen atoms in total. The number of benzene rings is 1. The van der Waals surface area contributed by atoms with E-state index in [2.05, 4.69) is 9.97 Å². The van der Waals surface area contributed by atoms with Gasteiger partial charge in [0.15, 0.2) is 11.4 Å². The van der Waals surface area contributed by atoms with E-state index in [-0.39, 0.29) is 0 Å². The van der Waals surface area contributed by atoms with Crippen LogP contribution < -0.4 is 0 Å². The fourth-order valence-electron chi connectivity index (χ4n) is 1.24. The van der Waals surface area contributed by atoms with E-state index in [4.69, 9.17) is 0 Å². The minimum Gasteiger partial charge on any atom is -0.298 e. The standard InChI is InChI=1S/C12H10N2OS/c1-9-6-7-13-12(14-9)16-11-5-3-2-4-10(11)8-15/h2-8H,1H3. The van der Waals surface area contributed by atoms with Gasteiger partial charge in [-0.25, -0.2) is 9.97 Å². The van der Waals surface area contributed by atoms with Crippen molar-refractivity contribution in [1.29, 1.82) is 0 Å². The highest BCUT2D eigenvalue weighted by atomic mass is 32.2. The van der Waals surface area contributed by atoms with Gasteiger partial charge in [-0.3, -0.25) is 4.79 Å². The minimum atomic E-state index is 0.661. The van der Waals surface area contributed by atoms with Crippen molar-refractivity contribution in [3.05, 3.63) is 47.8 Å². The van der Waals surface area contributed by atoms with Crippen molar-refractivity contribution < 1.29 is 4.79 Å². The summed E-state index contributed by atoms with van der Waals surface area (Å²) in [5, 5.41) is 0.661. The van der Waals surface area contributed by atoms with Crippen LogP contribution in [0.3, 0.4) is 0 Å². The molecule has 0 saturated heterocycles. The van der Waals surface area contributed by atoms with Crippen LogP contribution in [0.5, 0.6) is 0 Å². The van der Waals surface area contributed by atoms with Crippen LogP contribution in [0.1, 0.15) is 16.1 Å². The fourth-order valence-corrected chi connectivity index (χ4v) is 2.12. The Morgan fingerprint density at radius 2 is 2.06 bits per heavy atom. The van der Waals surface area contributed by atoms with Gasteiger partial charge in [0.05, 0.1) is 0 Å². The zero-order valence-corrected chi connectivity index (χ0v) is 9.57. The van der Waals surface area contributed by atoms with E-state index >= 15 is 0 Å². The quantitative estimate of drug-likeness (QED) is 0.600. The van der Waals surface area contributed by atoms with Gasteiger partial charge in [0.25, 0.3) is 0 Å². The van der Waals surface area contributed by atoms with Crippen molar-refractivity contribution in [3.63, 3.8) is 0 Å². The number of hydrogen-bond acceptors (Lipinski definition) is 4. The van der Waals surface area contributed by atoms with Crippen LogP contribution in [0.25, 0.3) is 0 Å². The molecule has 1 aromatic carbocycles. The lowest BCUT2D eigenvalue weighted by Gasteiger charge is -2.02. The molecular formula is C12H10N2OS. The van der Waals surface area contributed by atoms with Gasteiger partial charge in [-0.1, -0.05) is 18.2 Å². The predicted molar refractivity (Wildman–Crippen MR) is 62.7 cm³/mol. The summed E-state index contributed by atoms with van der Waals surface area (Å²) in [6.45, 7) is 1.91. The Kier molecular flexibility index (Phi) is 3.31. The van der Waals surface area contributed by atoms with Crippen LogP contribution in [0.4, 0.5) is 0 Å². The van der Waals surface area contributed by atoms with E-state index in [1.54, 1.807) is 12.3 Å². The molecule has 0 aliphatic carbocycles. The molecule has 0 fully saturated rings. The van der Waals surface area contributed by atoms with E-state index < -0.39 is 0 Å². The van der Waals surface area contributed by atoms with E-state index in [1.807, 2.05) is 31.2 Å². The van der Waals surface area contributed by atoms with E-state index in [9.17, 15) is 4.79 Å². The molecule has 0 bridgehead atoms. The van der Waals surface area contributed by atoms with Crippen LogP contribution in [0.2, 0.25) is 0 Å². The summed E-state index contributed by atoms with van der Waals surface area (Å²) in [7, 11) is 0. The largest absolute Gasteiger partial charge is 0.298 e. The maximum absolute atomic E-state index is 10.8. The molecule has 0 N–H and O–H groups in total. The van der Waals surface area contributed by atoms with Crippen LogP contribution >= 0.6 is 11.8 Å². The maximum Gasteiger partial charge on any atom is 0.192 e. The van der Waals surface area contributed by atoms with E-state index in [0.29, 0.717) is 10.7 Å². The lowest BCUT2D eigenvalue weighted by Crippen LogP contribution is -1.90. The van der Waals surface area contributed by atoms with Gasteiger partial charge < -0.3 is 0 Å². The zero-order valence-electron chi connectivity index (χ0n) is 8.75. The Bertz CT molecular complexity index is 514. The van der Waals surface area contributed by atoms with Crippen LogP contribution in [0.15, 0.2) is 46.6 Å². The summed E-state index contributed by atoms with van der Waals surface area (Å²) in [4.78, 5) is 20.1. The molecule has 0 spiro atoms. The molecule has 1 heterocycles. The molecular weight excluding hydrogens is 220 g/mol. The number of carbonyl (C=O) groups excluding carboxylic acids is 1. The molecule has 16 heavy (non-hydrogen) atoms. The average molecular weight is 230 g/mol. The Morgan fingerprint density at radius 3 is 2.81 bits per heavy atom. The van der Waals surface area contributed by atoms with Gasteiger partial charge in [-0.15, -0.1) is 0 Å². The van der Waals surface area contributed by atoms with Crippen LogP contribution in [0, 0.1) is 6.92 Å².